The van der Waals surface area contributed by atoms with E-state index in [0.717, 1.165) is 12.0 Å². The van der Waals surface area contributed by atoms with Gasteiger partial charge in [-0.15, -0.1) is 0 Å². The number of rotatable bonds is 5. The first-order valence-corrected chi connectivity index (χ1v) is 7.98. The fourth-order valence-corrected chi connectivity index (χ4v) is 3.38. The van der Waals surface area contributed by atoms with Crippen LogP contribution in [-0.2, 0) is 8.85 Å². The second-order valence-corrected chi connectivity index (χ2v) is 7.82. The Morgan fingerprint density at radius 2 is 2.00 bits per heavy atom. The summed E-state index contributed by atoms with van der Waals surface area (Å²) in [5.41, 5.74) is 0. The third kappa shape index (κ3) is 3.56. The van der Waals surface area contributed by atoms with E-state index in [4.69, 9.17) is 8.85 Å². The van der Waals surface area contributed by atoms with Crippen molar-refractivity contribution in [2.75, 3.05) is 14.2 Å². The molecule has 3 heteroatoms. The van der Waals surface area contributed by atoms with Gasteiger partial charge in [-0.1, -0.05) is 12.2 Å². The summed E-state index contributed by atoms with van der Waals surface area (Å²) in [4.78, 5) is 0. The van der Waals surface area contributed by atoms with Crippen LogP contribution in [0.4, 0.5) is 0 Å². The van der Waals surface area contributed by atoms with Gasteiger partial charge in [0.15, 0.2) is 0 Å². The summed E-state index contributed by atoms with van der Waals surface area (Å²) in [5, 5.41) is 0. The first-order valence-electron chi connectivity index (χ1n) is 5.45. The summed E-state index contributed by atoms with van der Waals surface area (Å²) in [6, 6.07) is 1.12. The predicted molar refractivity (Wildman–Crippen MR) is 61.5 cm³/mol. The molecule has 0 heterocycles. The molecule has 0 fully saturated rings. The van der Waals surface area contributed by atoms with Gasteiger partial charge in [-0.3, -0.25) is 0 Å². The molecule has 0 aromatic carbocycles. The molecule has 14 heavy (non-hydrogen) atoms. The molecular formula is C11H22O2Si. The van der Waals surface area contributed by atoms with Gasteiger partial charge in [0.25, 0.3) is 0 Å². The Bertz CT molecular complexity index is 188. The lowest BCUT2D eigenvalue weighted by Gasteiger charge is -2.25. The molecule has 0 saturated carbocycles. The third-order valence-electron chi connectivity index (χ3n) is 3.25. The number of allylic oxidation sites excluding steroid dienone is 2. The molecule has 0 saturated heterocycles. The molecule has 0 radical (unpaired) electrons. The van der Waals surface area contributed by atoms with Crippen LogP contribution in [0.25, 0.3) is 0 Å². The van der Waals surface area contributed by atoms with Crippen molar-refractivity contribution in [3.63, 3.8) is 0 Å². The highest BCUT2D eigenvalue weighted by Crippen LogP contribution is 2.26. The minimum absolute atomic E-state index is 0.858. The van der Waals surface area contributed by atoms with Crippen LogP contribution in [0.1, 0.15) is 25.7 Å². The molecule has 0 aliphatic heterocycles. The quantitative estimate of drug-likeness (QED) is 0.517. The average Bonchev–Trinajstić information content (AvgIpc) is 2.27. The van der Waals surface area contributed by atoms with E-state index in [-0.39, 0.29) is 0 Å². The highest BCUT2D eigenvalue weighted by Gasteiger charge is 2.29. The number of hydrogen-bond donors (Lipinski definition) is 0. The van der Waals surface area contributed by atoms with Gasteiger partial charge in [-0.05, 0) is 44.2 Å². The monoisotopic (exact) mass is 214 g/mol. The van der Waals surface area contributed by atoms with Gasteiger partial charge in [0.1, 0.15) is 0 Å². The second kappa shape index (κ2) is 5.68. The Labute approximate surface area is 88.5 Å². The lowest BCUT2D eigenvalue weighted by atomic mass is 9.92. The molecule has 0 aromatic rings. The van der Waals surface area contributed by atoms with E-state index in [9.17, 15) is 0 Å². The van der Waals surface area contributed by atoms with Crippen LogP contribution in [0.15, 0.2) is 12.2 Å². The average molecular weight is 214 g/mol. The fraction of sp³-hybridized carbons (Fsp3) is 0.818. The van der Waals surface area contributed by atoms with E-state index in [1.807, 2.05) is 0 Å². The molecular weight excluding hydrogens is 192 g/mol. The molecule has 82 valence electrons. The van der Waals surface area contributed by atoms with Crippen molar-refractivity contribution in [3.8, 4) is 0 Å². The molecule has 1 atom stereocenters. The van der Waals surface area contributed by atoms with Crippen LogP contribution in [0.2, 0.25) is 12.6 Å². The Balaban J connectivity index is 2.27. The van der Waals surface area contributed by atoms with E-state index >= 15 is 0 Å². The smallest absolute Gasteiger partial charge is 0.334 e. The zero-order valence-electron chi connectivity index (χ0n) is 9.58. The van der Waals surface area contributed by atoms with E-state index in [0.29, 0.717) is 0 Å². The molecule has 0 amide bonds. The highest BCUT2D eigenvalue weighted by atomic mass is 28.4. The van der Waals surface area contributed by atoms with Crippen LogP contribution in [0.3, 0.4) is 0 Å². The molecule has 2 nitrogen and oxygen atoms in total. The van der Waals surface area contributed by atoms with Gasteiger partial charge in [0.05, 0.1) is 0 Å². The summed E-state index contributed by atoms with van der Waals surface area (Å²) in [7, 11) is 1.74. The van der Waals surface area contributed by atoms with Gasteiger partial charge < -0.3 is 8.85 Å². The molecule has 0 bridgehead atoms. The molecule has 0 aromatic heterocycles. The number of hydrogen-bond acceptors (Lipinski definition) is 2. The van der Waals surface area contributed by atoms with Crippen molar-refractivity contribution in [2.24, 2.45) is 5.92 Å². The Morgan fingerprint density at radius 1 is 1.29 bits per heavy atom. The van der Waals surface area contributed by atoms with Gasteiger partial charge >= 0.3 is 8.56 Å². The summed E-state index contributed by atoms with van der Waals surface area (Å²) < 4.78 is 11.0. The van der Waals surface area contributed by atoms with Crippen LogP contribution >= 0.6 is 0 Å². The minimum atomic E-state index is -1.81. The summed E-state index contributed by atoms with van der Waals surface area (Å²) in [5.74, 6) is 0.858. The second-order valence-electron chi connectivity index (χ2n) is 4.23. The van der Waals surface area contributed by atoms with Crippen molar-refractivity contribution < 1.29 is 8.85 Å². The largest absolute Gasteiger partial charge is 0.398 e. The van der Waals surface area contributed by atoms with Gasteiger partial charge in [0, 0.05) is 14.2 Å². The summed E-state index contributed by atoms with van der Waals surface area (Å²) in [6.07, 6.45) is 9.70. The molecule has 1 rings (SSSR count). The van der Waals surface area contributed by atoms with Crippen molar-refractivity contribution in [1.29, 1.82) is 0 Å². The maximum Gasteiger partial charge on any atom is 0.334 e. The Kier molecular flexibility index (Phi) is 4.85. The third-order valence-corrected chi connectivity index (χ3v) is 6.17. The van der Waals surface area contributed by atoms with E-state index in [1.165, 1.54) is 25.7 Å². The van der Waals surface area contributed by atoms with Gasteiger partial charge in [-0.2, -0.15) is 0 Å². The topological polar surface area (TPSA) is 18.5 Å². The van der Waals surface area contributed by atoms with Crippen LogP contribution < -0.4 is 0 Å². The standard InChI is InChI=1S/C11H22O2Si/c1-12-14(3,13-2)10-9-11-7-5-4-6-8-11/h4-5,11H,6-10H2,1-3H3. The molecule has 1 unspecified atom stereocenters. The maximum atomic E-state index is 5.48. The SMILES string of the molecule is CO[Si](C)(CCC1CC=CCC1)OC. The van der Waals surface area contributed by atoms with Gasteiger partial charge in [0.2, 0.25) is 0 Å². The lowest BCUT2D eigenvalue weighted by molar-refractivity contribution is 0.244. The Morgan fingerprint density at radius 3 is 2.50 bits per heavy atom. The maximum absolute atomic E-state index is 5.48. The Hall–Kier alpha value is -0.123. The van der Waals surface area contributed by atoms with Crippen LogP contribution in [-0.4, -0.2) is 22.8 Å². The van der Waals surface area contributed by atoms with E-state index < -0.39 is 8.56 Å². The minimum Gasteiger partial charge on any atom is -0.398 e. The normalized spacial score (nSPS) is 22.6. The van der Waals surface area contributed by atoms with Crippen LogP contribution in [0.5, 0.6) is 0 Å². The first-order chi connectivity index (χ1) is 6.70. The summed E-state index contributed by atoms with van der Waals surface area (Å²) >= 11 is 0. The van der Waals surface area contributed by atoms with Crippen molar-refractivity contribution >= 4 is 8.56 Å². The zero-order valence-corrected chi connectivity index (χ0v) is 10.6. The zero-order chi connectivity index (χ0) is 10.4. The summed E-state index contributed by atoms with van der Waals surface area (Å²) in [6.45, 7) is 2.14. The lowest BCUT2D eigenvalue weighted by Crippen LogP contribution is -2.36. The van der Waals surface area contributed by atoms with Gasteiger partial charge in [-0.25, -0.2) is 0 Å². The fourth-order valence-electron chi connectivity index (χ4n) is 1.87. The van der Waals surface area contributed by atoms with Crippen LogP contribution in [0, 0.1) is 5.92 Å². The molecule has 1 aliphatic carbocycles. The molecule has 0 N–H and O–H groups in total. The van der Waals surface area contributed by atoms with E-state index in [2.05, 4.69) is 18.7 Å². The predicted octanol–water partition coefficient (Wildman–Crippen LogP) is 3.10. The van der Waals surface area contributed by atoms with Crippen molar-refractivity contribution in [1.82, 2.24) is 0 Å². The van der Waals surface area contributed by atoms with Crippen molar-refractivity contribution in [3.05, 3.63) is 12.2 Å². The molecule has 1 aliphatic rings. The first kappa shape index (κ1) is 11.9. The molecule has 0 spiro atoms. The highest BCUT2D eigenvalue weighted by molar-refractivity contribution is 6.65. The van der Waals surface area contributed by atoms with E-state index in [1.54, 1.807) is 14.2 Å². The van der Waals surface area contributed by atoms with Crippen molar-refractivity contribution in [2.45, 2.75) is 38.3 Å².